The van der Waals surface area contributed by atoms with Crippen molar-refractivity contribution in [2.24, 2.45) is 7.05 Å². The normalized spacial score (nSPS) is 11.6. The van der Waals surface area contributed by atoms with Crippen LogP contribution in [0.15, 0.2) is 70.7 Å². The Morgan fingerprint density at radius 1 is 1.12 bits per heavy atom. The molecule has 2 aromatic heterocycles. The summed E-state index contributed by atoms with van der Waals surface area (Å²) in [6.45, 7) is 0. The first-order chi connectivity index (χ1) is 15.3. The molecule has 0 spiro atoms. The van der Waals surface area contributed by atoms with E-state index in [0.29, 0.717) is 11.0 Å². The molecule has 0 aliphatic rings. The molecule has 4 aromatic rings. The number of H-pyrrole nitrogens is 1. The molecule has 0 aliphatic carbocycles. The standard InChI is InChI=1S/C22H17F3N4O2S/c1-29-20(31)19-18(14(11-26-19)13-7-3-2-4-8-13)28-21(29)32-12-17(30)27-16-10-6-5-9-15(16)22(23,24)25/h2-11,26H,12H2,1H3,(H,27,30). The number of hydrogen-bond acceptors (Lipinski definition) is 4. The van der Waals surface area contributed by atoms with Gasteiger partial charge in [-0.1, -0.05) is 54.2 Å². The van der Waals surface area contributed by atoms with Crippen LogP contribution in [0.5, 0.6) is 0 Å². The van der Waals surface area contributed by atoms with Crippen LogP contribution >= 0.6 is 11.8 Å². The van der Waals surface area contributed by atoms with Gasteiger partial charge in [0.25, 0.3) is 5.56 Å². The predicted molar refractivity (Wildman–Crippen MR) is 118 cm³/mol. The summed E-state index contributed by atoms with van der Waals surface area (Å²) in [7, 11) is 1.52. The lowest BCUT2D eigenvalue weighted by atomic mass is 10.1. The second-order valence-electron chi connectivity index (χ2n) is 6.93. The van der Waals surface area contributed by atoms with Crippen molar-refractivity contribution in [1.29, 1.82) is 0 Å². The number of para-hydroxylation sites is 1. The Bertz CT molecular complexity index is 1350. The summed E-state index contributed by atoms with van der Waals surface area (Å²) in [4.78, 5) is 32.6. The fourth-order valence-corrected chi connectivity index (χ4v) is 4.01. The molecule has 0 radical (unpaired) electrons. The summed E-state index contributed by atoms with van der Waals surface area (Å²) >= 11 is 0.969. The number of carbonyl (C=O) groups excluding carboxylic acids is 1. The van der Waals surface area contributed by atoms with Gasteiger partial charge in [-0.05, 0) is 17.7 Å². The molecule has 0 aliphatic heterocycles. The van der Waals surface area contributed by atoms with Crippen molar-refractivity contribution in [3.05, 3.63) is 76.7 Å². The lowest BCUT2D eigenvalue weighted by Gasteiger charge is -2.13. The Hall–Kier alpha value is -3.53. The minimum Gasteiger partial charge on any atom is -0.355 e. The Balaban J connectivity index is 1.58. The fraction of sp³-hybridized carbons (Fsp3) is 0.136. The highest BCUT2D eigenvalue weighted by Crippen LogP contribution is 2.34. The highest BCUT2D eigenvalue weighted by molar-refractivity contribution is 7.99. The van der Waals surface area contributed by atoms with E-state index >= 15 is 0 Å². The maximum Gasteiger partial charge on any atom is 0.418 e. The first-order valence-electron chi connectivity index (χ1n) is 9.48. The lowest BCUT2D eigenvalue weighted by molar-refractivity contribution is -0.137. The number of alkyl halides is 3. The van der Waals surface area contributed by atoms with Crippen molar-refractivity contribution in [2.75, 3.05) is 11.1 Å². The molecule has 164 valence electrons. The number of thioether (sulfide) groups is 1. The fourth-order valence-electron chi connectivity index (χ4n) is 3.24. The van der Waals surface area contributed by atoms with Gasteiger partial charge in [0.2, 0.25) is 5.91 Å². The topological polar surface area (TPSA) is 79.8 Å². The van der Waals surface area contributed by atoms with E-state index in [0.717, 1.165) is 29.0 Å². The van der Waals surface area contributed by atoms with Crippen LogP contribution in [0.25, 0.3) is 22.2 Å². The number of fused-ring (bicyclic) bond motifs is 1. The monoisotopic (exact) mass is 458 g/mol. The molecule has 0 fully saturated rings. The van der Waals surface area contributed by atoms with Gasteiger partial charge in [0.1, 0.15) is 11.0 Å². The van der Waals surface area contributed by atoms with Crippen LogP contribution in [0, 0.1) is 0 Å². The van der Waals surface area contributed by atoms with Gasteiger partial charge < -0.3 is 10.3 Å². The van der Waals surface area contributed by atoms with Crippen molar-refractivity contribution in [3.63, 3.8) is 0 Å². The van der Waals surface area contributed by atoms with Gasteiger partial charge in [0.15, 0.2) is 5.16 Å². The van der Waals surface area contributed by atoms with Crippen LogP contribution in [-0.2, 0) is 18.0 Å². The predicted octanol–water partition coefficient (Wildman–Crippen LogP) is 4.68. The Kier molecular flexibility index (Phi) is 5.79. The van der Waals surface area contributed by atoms with Gasteiger partial charge in [-0.15, -0.1) is 0 Å². The number of anilines is 1. The maximum absolute atomic E-state index is 13.1. The Morgan fingerprint density at radius 3 is 2.53 bits per heavy atom. The third-order valence-electron chi connectivity index (χ3n) is 4.79. The van der Waals surface area contributed by atoms with E-state index in [4.69, 9.17) is 0 Å². The number of nitrogens with zero attached hydrogens (tertiary/aromatic N) is 2. The first-order valence-corrected chi connectivity index (χ1v) is 10.5. The van der Waals surface area contributed by atoms with Crippen LogP contribution in [0.1, 0.15) is 5.56 Å². The SMILES string of the molecule is Cn1c(SCC(=O)Nc2ccccc2C(F)(F)F)nc2c(-c3ccccc3)c[nH]c2c1=O. The van der Waals surface area contributed by atoms with Gasteiger partial charge in [-0.25, -0.2) is 4.98 Å². The zero-order valence-corrected chi connectivity index (χ0v) is 17.6. The van der Waals surface area contributed by atoms with E-state index in [1.54, 1.807) is 6.20 Å². The van der Waals surface area contributed by atoms with Crippen LogP contribution in [0.4, 0.5) is 18.9 Å². The molecule has 1 amide bonds. The van der Waals surface area contributed by atoms with E-state index in [1.165, 1.54) is 29.8 Å². The third kappa shape index (κ3) is 4.26. The maximum atomic E-state index is 13.1. The molecule has 6 nitrogen and oxygen atoms in total. The van der Waals surface area contributed by atoms with Gasteiger partial charge in [-0.3, -0.25) is 14.2 Å². The summed E-state index contributed by atoms with van der Waals surface area (Å²) in [6, 6.07) is 14.2. The molecule has 0 saturated heterocycles. The Labute approximate surface area is 184 Å². The van der Waals surface area contributed by atoms with Crippen molar-refractivity contribution < 1.29 is 18.0 Å². The second kappa shape index (κ2) is 8.54. The highest BCUT2D eigenvalue weighted by Gasteiger charge is 2.33. The van der Waals surface area contributed by atoms with Crippen LogP contribution in [-0.4, -0.2) is 26.2 Å². The van der Waals surface area contributed by atoms with Crippen molar-refractivity contribution in [1.82, 2.24) is 14.5 Å². The molecule has 2 N–H and O–H groups in total. The van der Waals surface area contributed by atoms with E-state index in [9.17, 15) is 22.8 Å². The van der Waals surface area contributed by atoms with Crippen LogP contribution in [0.2, 0.25) is 0 Å². The summed E-state index contributed by atoms with van der Waals surface area (Å²) in [5, 5.41) is 2.57. The molecule has 0 saturated carbocycles. The van der Waals surface area contributed by atoms with Crippen LogP contribution < -0.4 is 10.9 Å². The number of amides is 1. The zero-order valence-electron chi connectivity index (χ0n) is 16.7. The zero-order chi connectivity index (χ0) is 22.9. The number of benzene rings is 2. The van der Waals surface area contributed by atoms with Gasteiger partial charge in [0, 0.05) is 18.8 Å². The summed E-state index contributed by atoms with van der Waals surface area (Å²) in [6.07, 6.45) is -2.89. The molecule has 0 unspecified atom stereocenters. The summed E-state index contributed by atoms with van der Waals surface area (Å²) < 4.78 is 40.7. The van der Waals surface area contributed by atoms with E-state index < -0.39 is 17.6 Å². The number of aromatic amines is 1. The van der Waals surface area contributed by atoms with Gasteiger partial charge in [0.05, 0.1) is 17.0 Å². The van der Waals surface area contributed by atoms with Crippen molar-refractivity contribution >= 4 is 34.4 Å². The minimum absolute atomic E-state index is 0.219. The third-order valence-corrected chi connectivity index (χ3v) is 5.82. The van der Waals surface area contributed by atoms with E-state index in [-0.39, 0.29) is 22.2 Å². The average molecular weight is 458 g/mol. The summed E-state index contributed by atoms with van der Waals surface area (Å²) in [5.41, 5.74) is 0.845. The number of halogens is 3. The summed E-state index contributed by atoms with van der Waals surface area (Å²) in [5.74, 6) is -0.860. The van der Waals surface area contributed by atoms with Crippen LogP contribution in [0.3, 0.4) is 0 Å². The number of aromatic nitrogens is 3. The quantitative estimate of drug-likeness (QED) is 0.336. The number of rotatable bonds is 5. The van der Waals surface area contributed by atoms with E-state index in [1.807, 2.05) is 30.3 Å². The average Bonchev–Trinajstić information content (AvgIpc) is 3.19. The minimum atomic E-state index is -4.59. The molecule has 32 heavy (non-hydrogen) atoms. The van der Waals surface area contributed by atoms with E-state index in [2.05, 4.69) is 15.3 Å². The molecular weight excluding hydrogens is 441 g/mol. The largest absolute Gasteiger partial charge is 0.418 e. The number of nitrogens with one attached hydrogen (secondary N) is 2. The molecule has 4 rings (SSSR count). The van der Waals surface area contributed by atoms with Gasteiger partial charge in [-0.2, -0.15) is 13.2 Å². The second-order valence-corrected chi connectivity index (χ2v) is 7.87. The van der Waals surface area contributed by atoms with Crippen molar-refractivity contribution in [2.45, 2.75) is 11.3 Å². The molecule has 0 atom stereocenters. The molecule has 10 heteroatoms. The molecule has 2 heterocycles. The van der Waals surface area contributed by atoms with Gasteiger partial charge >= 0.3 is 6.18 Å². The number of carbonyl (C=O) groups is 1. The molecule has 0 bridgehead atoms. The Morgan fingerprint density at radius 2 is 1.81 bits per heavy atom. The number of hydrogen-bond donors (Lipinski definition) is 2. The first kappa shape index (κ1) is 21.7. The smallest absolute Gasteiger partial charge is 0.355 e. The molecule has 2 aromatic carbocycles. The molecular formula is C22H17F3N4O2S. The van der Waals surface area contributed by atoms with Crippen molar-refractivity contribution in [3.8, 4) is 11.1 Å². The highest BCUT2D eigenvalue weighted by atomic mass is 32.2. The lowest BCUT2D eigenvalue weighted by Crippen LogP contribution is -2.22.